The summed E-state index contributed by atoms with van der Waals surface area (Å²) >= 11 is 1.38. The number of carbonyl (C=O) groups excluding carboxylic acids is 1. The number of benzene rings is 2. The maximum absolute atomic E-state index is 12.5. The second kappa shape index (κ2) is 9.66. The van der Waals surface area contributed by atoms with Gasteiger partial charge in [0.15, 0.2) is 5.17 Å². The summed E-state index contributed by atoms with van der Waals surface area (Å²) in [4.78, 5) is 31.4. The fourth-order valence-corrected chi connectivity index (χ4v) is 5.02. The van der Waals surface area contributed by atoms with Gasteiger partial charge < -0.3 is 14.2 Å². The first-order valence-electron chi connectivity index (χ1n) is 11.0. The summed E-state index contributed by atoms with van der Waals surface area (Å²) in [6.07, 6.45) is 1.70. The van der Waals surface area contributed by atoms with Gasteiger partial charge in [-0.15, -0.1) is 0 Å². The Morgan fingerprint density at radius 2 is 1.79 bits per heavy atom. The third-order valence-corrected chi connectivity index (χ3v) is 6.95. The Kier molecular flexibility index (Phi) is 6.29. The second-order valence-electron chi connectivity index (χ2n) is 8.22. The summed E-state index contributed by atoms with van der Waals surface area (Å²) in [7, 11) is 0. The number of non-ortho nitro benzene ring substituents is 1. The molecule has 1 amide bonds. The molecule has 34 heavy (non-hydrogen) atoms. The van der Waals surface area contributed by atoms with Gasteiger partial charge in [-0.1, -0.05) is 30.3 Å². The van der Waals surface area contributed by atoms with E-state index in [9.17, 15) is 14.9 Å². The van der Waals surface area contributed by atoms with Crippen LogP contribution in [0.3, 0.4) is 0 Å². The molecule has 1 aromatic heterocycles. The highest BCUT2D eigenvalue weighted by Crippen LogP contribution is 2.32. The maximum atomic E-state index is 12.5. The van der Waals surface area contributed by atoms with Crippen LogP contribution < -0.4 is 4.90 Å². The SMILES string of the molecule is O=C1N=C(N2CC[NH+](Cc3ccccc3)CC2)S/C1=C/c1ccc(-c2ccc([N+](=O)[O-])cc2)o1. The van der Waals surface area contributed by atoms with Gasteiger partial charge in [-0.3, -0.25) is 14.9 Å². The normalized spacial score (nSPS) is 17.9. The van der Waals surface area contributed by atoms with Crippen molar-refractivity contribution >= 4 is 34.6 Å². The molecule has 0 spiro atoms. The van der Waals surface area contributed by atoms with Crippen LogP contribution in [0.15, 0.2) is 81.0 Å². The number of hydrogen-bond donors (Lipinski definition) is 1. The van der Waals surface area contributed by atoms with Crippen molar-refractivity contribution in [2.75, 3.05) is 26.2 Å². The summed E-state index contributed by atoms with van der Waals surface area (Å²) in [6.45, 7) is 4.73. The van der Waals surface area contributed by atoms with Crippen LogP contribution in [-0.4, -0.2) is 47.1 Å². The van der Waals surface area contributed by atoms with Gasteiger partial charge >= 0.3 is 0 Å². The number of thioether (sulfide) groups is 1. The number of nitrogens with one attached hydrogen (secondary N) is 1. The molecule has 172 valence electrons. The molecule has 2 aromatic carbocycles. The Morgan fingerprint density at radius 3 is 2.50 bits per heavy atom. The van der Waals surface area contributed by atoms with Crippen LogP contribution in [0.4, 0.5) is 5.69 Å². The number of piperazine rings is 1. The number of rotatable bonds is 5. The van der Waals surface area contributed by atoms with E-state index in [0.717, 1.165) is 43.5 Å². The molecule has 0 unspecified atom stereocenters. The zero-order chi connectivity index (χ0) is 23.5. The molecule has 5 rings (SSSR count). The van der Waals surface area contributed by atoms with Crippen molar-refractivity contribution in [2.45, 2.75) is 6.54 Å². The van der Waals surface area contributed by atoms with Crippen molar-refractivity contribution in [3.63, 3.8) is 0 Å². The van der Waals surface area contributed by atoms with Crippen LogP contribution in [-0.2, 0) is 11.3 Å². The number of nitro groups is 1. The van der Waals surface area contributed by atoms with Gasteiger partial charge in [-0.2, -0.15) is 4.99 Å². The molecule has 2 aliphatic heterocycles. The van der Waals surface area contributed by atoms with E-state index in [2.05, 4.69) is 34.2 Å². The standard InChI is InChI=1S/C25H22N4O4S/c30-24-23(16-21-10-11-22(33-21)19-6-8-20(9-7-19)29(31)32)34-25(26-24)28-14-12-27(13-15-28)17-18-4-2-1-3-5-18/h1-11,16H,12-15,17H2/p+1/b23-16+. The number of nitrogens with zero attached hydrogens (tertiary/aromatic N) is 3. The van der Waals surface area contributed by atoms with Gasteiger partial charge in [0.25, 0.3) is 11.6 Å². The minimum absolute atomic E-state index is 0.0257. The van der Waals surface area contributed by atoms with Crippen LogP contribution in [0.1, 0.15) is 11.3 Å². The molecule has 0 aliphatic carbocycles. The topological polar surface area (TPSA) is 93.4 Å². The smallest absolute Gasteiger partial charge is 0.286 e. The largest absolute Gasteiger partial charge is 0.457 e. The van der Waals surface area contributed by atoms with Crippen molar-refractivity contribution in [1.29, 1.82) is 0 Å². The first kappa shape index (κ1) is 22.1. The van der Waals surface area contributed by atoms with Crippen LogP contribution in [0, 0.1) is 10.1 Å². The maximum Gasteiger partial charge on any atom is 0.286 e. The lowest BCUT2D eigenvalue weighted by Gasteiger charge is -2.32. The highest BCUT2D eigenvalue weighted by Gasteiger charge is 2.30. The van der Waals surface area contributed by atoms with E-state index in [1.165, 1.54) is 34.4 Å². The number of amidine groups is 1. The van der Waals surface area contributed by atoms with E-state index in [0.29, 0.717) is 16.4 Å². The number of nitro benzene ring substituents is 1. The molecule has 8 nitrogen and oxygen atoms in total. The Balaban J connectivity index is 1.19. The Labute approximate surface area is 200 Å². The minimum Gasteiger partial charge on any atom is -0.457 e. The molecule has 1 N–H and O–H groups in total. The third-order valence-electron chi connectivity index (χ3n) is 5.91. The number of aliphatic imine (C=N–C) groups is 1. The summed E-state index contributed by atoms with van der Waals surface area (Å²) < 4.78 is 5.85. The Bertz CT molecular complexity index is 1260. The monoisotopic (exact) mass is 475 g/mol. The van der Waals surface area contributed by atoms with Crippen molar-refractivity contribution in [1.82, 2.24) is 4.90 Å². The van der Waals surface area contributed by atoms with Gasteiger partial charge in [0.1, 0.15) is 18.1 Å². The van der Waals surface area contributed by atoms with E-state index in [1.54, 1.807) is 30.3 Å². The number of amides is 1. The average molecular weight is 476 g/mol. The molecule has 3 heterocycles. The molecular weight excluding hydrogens is 452 g/mol. The molecule has 2 aliphatic rings. The molecule has 1 saturated heterocycles. The molecule has 3 aromatic rings. The van der Waals surface area contributed by atoms with Crippen LogP contribution in [0.5, 0.6) is 0 Å². The molecule has 0 atom stereocenters. The number of quaternary nitrogens is 1. The fourth-order valence-electron chi connectivity index (χ4n) is 4.07. The predicted molar refractivity (Wildman–Crippen MR) is 131 cm³/mol. The van der Waals surface area contributed by atoms with Crippen molar-refractivity contribution in [3.8, 4) is 11.3 Å². The van der Waals surface area contributed by atoms with E-state index in [4.69, 9.17) is 4.42 Å². The average Bonchev–Trinajstić information content (AvgIpc) is 3.47. The highest BCUT2D eigenvalue weighted by molar-refractivity contribution is 8.18. The summed E-state index contributed by atoms with van der Waals surface area (Å²) in [5, 5.41) is 11.6. The van der Waals surface area contributed by atoms with Crippen molar-refractivity contribution in [2.24, 2.45) is 4.99 Å². The van der Waals surface area contributed by atoms with Crippen LogP contribution in [0.25, 0.3) is 17.4 Å². The quantitative estimate of drug-likeness (QED) is 0.346. The lowest BCUT2D eigenvalue weighted by Crippen LogP contribution is -3.13. The van der Waals surface area contributed by atoms with E-state index in [1.807, 2.05) is 6.07 Å². The molecule has 0 radical (unpaired) electrons. The van der Waals surface area contributed by atoms with Crippen molar-refractivity contribution < 1.29 is 19.0 Å². The highest BCUT2D eigenvalue weighted by atomic mass is 32.2. The summed E-state index contributed by atoms with van der Waals surface area (Å²) in [5.41, 5.74) is 2.09. The number of carbonyl (C=O) groups is 1. The lowest BCUT2D eigenvalue weighted by atomic mass is 10.1. The predicted octanol–water partition coefficient (Wildman–Crippen LogP) is 3.23. The Morgan fingerprint density at radius 1 is 1.06 bits per heavy atom. The molecule has 0 saturated carbocycles. The van der Waals surface area contributed by atoms with Gasteiger partial charge in [0.05, 0.1) is 36.0 Å². The zero-order valence-electron chi connectivity index (χ0n) is 18.3. The lowest BCUT2D eigenvalue weighted by molar-refractivity contribution is -0.917. The van der Waals surface area contributed by atoms with E-state index < -0.39 is 4.92 Å². The Hall–Kier alpha value is -3.69. The molecule has 1 fully saturated rings. The van der Waals surface area contributed by atoms with E-state index in [-0.39, 0.29) is 11.6 Å². The van der Waals surface area contributed by atoms with Crippen molar-refractivity contribution in [3.05, 3.63) is 93.1 Å². The number of hydrogen-bond acceptors (Lipinski definition) is 6. The van der Waals surface area contributed by atoms with Gasteiger partial charge in [-0.25, -0.2) is 0 Å². The molecule has 9 heteroatoms. The summed E-state index contributed by atoms with van der Waals surface area (Å²) in [5.74, 6) is 0.862. The second-order valence-corrected chi connectivity index (χ2v) is 9.22. The van der Waals surface area contributed by atoms with Crippen LogP contribution in [0.2, 0.25) is 0 Å². The fraction of sp³-hybridized carbons (Fsp3) is 0.200. The first-order valence-corrected chi connectivity index (χ1v) is 11.9. The molecule has 0 bridgehead atoms. The van der Waals surface area contributed by atoms with E-state index >= 15 is 0 Å². The summed E-state index contributed by atoms with van der Waals surface area (Å²) in [6, 6.07) is 20.2. The van der Waals surface area contributed by atoms with Crippen LogP contribution >= 0.6 is 11.8 Å². The minimum atomic E-state index is -0.438. The van der Waals surface area contributed by atoms with Gasteiger partial charge in [0.2, 0.25) is 0 Å². The zero-order valence-corrected chi connectivity index (χ0v) is 19.2. The van der Waals surface area contributed by atoms with Gasteiger partial charge in [0, 0.05) is 29.3 Å². The number of furan rings is 1. The third kappa shape index (κ3) is 4.95. The molecular formula is C25H23N4O4S+. The van der Waals surface area contributed by atoms with Gasteiger partial charge in [-0.05, 0) is 36.0 Å². The first-order chi connectivity index (χ1) is 16.5.